The number of anilines is 1. The Kier molecular flexibility index (Phi) is 5.58. The van der Waals surface area contributed by atoms with Crippen molar-refractivity contribution in [3.05, 3.63) is 65.9 Å². The Hall–Kier alpha value is -3.42. The number of para-hydroxylation sites is 1. The van der Waals surface area contributed by atoms with Crippen molar-refractivity contribution >= 4 is 11.6 Å². The van der Waals surface area contributed by atoms with Gasteiger partial charge in [0.2, 0.25) is 5.95 Å². The summed E-state index contributed by atoms with van der Waals surface area (Å²) >= 11 is 0. The minimum Gasteiger partial charge on any atom is -0.507 e. The van der Waals surface area contributed by atoms with Crippen LogP contribution in [0.2, 0.25) is 0 Å². The van der Waals surface area contributed by atoms with Gasteiger partial charge in [-0.05, 0) is 38.1 Å². The lowest BCUT2D eigenvalue weighted by Gasteiger charge is -2.45. The summed E-state index contributed by atoms with van der Waals surface area (Å²) in [5.41, 5.74) is 19.8. The van der Waals surface area contributed by atoms with E-state index in [2.05, 4.69) is 33.6 Å². The van der Waals surface area contributed by atoms with Gasteiger partial charge < -0.3 is 32.1 Å². The Morgan fingerprint density at radius 2 is 1.64 bits per heavy atom. The normalized spacial score (nSPS) is 20.1. The van der Waals surface area contributed by atoms with Crippen LogP contribution in [0, 0.1) is 0 Å². The molecule has 0 amide bonds. The largest absolute Gasteiger partial charge is 0.507 e. The highest BCUT2D eigenvalue weighted by atomic mass is 16.3. The molecule has 1 fully saturated rings. The van der Waals surface area contributed by atoms with Crippen molar-refractivity contribution in [1.82, 2.24) is 14.9 Å². The highest BCUT2D eigenvalue weighted by Gasteiger charge is 2.32. The lowest BCUT2D eigenvalue weighted by atomic mass is 10.1. The van der Waals surface area contributed by atoms with E-state index in [4.69, 9.17) is 17.2 Å². The molecular weight excluding hydrogens is 354 g/mol. The van der Waals surface area contributed by atoms with Crippen LogP contribution in [0.3, 0.4) is 0 Å². The standard InChI is InChI=1S/C20H27N7O/c1-13-11-26(12-14(2)27(13)20-24-8-5-9-25-20)17(19(22)23)10-16(21)15-6-3-4-7-18(15)28/h3-10,13-14,28H,11-12,21-23H2,1-2H3/b16-10-. The van der Waals surface area contributed by atoms with Crippen molar-refractivity contribution in [3.63, 3.8) is 0 Å². The molecule has 2 heterocycles. The number of nitrogens with zero attached hydrogens (tertiary/aromatic N) is 4. The first-order valence-corrected chi connectivity index (χ1v) is 9.19. The zero-order valence-electron chi connectivity index (χ0n) is 16.2. The second-order valence-corrected chi connectivity index (χ2v) is 7.02. The fourth-order valence-corrected chi connectivity index (χ4v) is 3.64. The first-order chi connectivity index (χ1) is 13.4. The van der Waals surface area contributed by atoms with Gasteiger partial charge in [0.05, 0.1) is 5.70 Å². The van der Waals surface area contributed by atoms with Crippen LogP contribution in [0.25, 0.3) is 5.70 Å². The van der Waals surface area contributed by atoms with Gasteiger partial charge in [0.25, 0.3) is 0 Å². The smallest absolute Gasteiger partial charge is 0.225 e. The summed E-state index contributed by atoms with van der Waals surface area (Å²) in [5.74, 6) is 0.999. The Labute approximate surface area is 165 Å². The van der Waals surface area contributed by atoms with E-state index in [1.165, 1.54) is 0 Å². The predicted molar refractivity (Wildman–Crippen MR) is 111 cm³/mol. The molecule has 2 aromatic rings. The summed E-state index contributed by atoms with van der Waals surface area (Å²) in [4.78, 5) is 13.1. The zero-order chi connectivity index (χ0) is 20.3. The Morgan fingerprint density at radius 1 is 1.04 bits per heavy atom. The van der Waals surface area contributed by atoms with Gasteiger partial charge in [0, 0.05) is 48.8 Å². The summed E-state index contributed by atoms with van der Waals surface area (Å²) in [5, 5.41) is 10.1. The summed E-state index contributed by atoms with van der Waals surface area (Å²) in [6, 6.07) is 8.98. The molecule has 8 nitrogen and oxygen atoms in total. The van der Waals surface area contributed by atoms with E-state index in [-0.39, 0.29) is 23.7 Å². The van der Waals surface area contributed by atoms with Gasteiger partial charge in [0.15, 0.2) is 0 Å². The first-order valence-electron chi connectivity index (χ1n) is 9.19. The Balaban J connectivity index is 1.86. The molecule has 28 heavy (non-hydrogen) atoms. The fourth-order valence-electron chi connectivity index (χ4n) is 3.64. The monoisotopic (exact) mass is 381 g/mol. The maximum Gasteiger partial charge on any atom is 0.225 e. The van der Waals surface area contributed by atoms with Gasteiger partial charge >= 0.3 is 0 Å². The first kappa shape index (κ1) is 19.3. The number of phenolic OH excluding ortho intramolecular Hbond substituents is 1. The van der Waals surface area contributed by atoms with Crippen LogP contribution in [0.1, 0.15) is 19.4 Å². The number of piperazine rings is 1. The second kappa shape index (κ2) is 8.08. The number of aromatic hydroxyl groups is 1. The average molecular weight is 381 g/mol. The van der Waals surface area contributed by atoms with E-state index >= 15 is 0 Å². The maximum atomic E-state index is 10.1. The SMILES string of the molecule is CC1CN(C(/C=C(\N)c2ccccc2O)=C(N)N)CC(C)N1c1ncccn1. The lowest BCUT2D eigenvalue weighted by Crippen LogP contribution is -2.57. The molecule has 0 bridgehead atoms. The number of benzene rings is 1. The van der Waals surface area contributed by atoms with E-state index in [1.54, 1.807) is 42.7 Å². The third-order valence-electron chi connectivity index (χ3n) is 4.85. The van der Waals surface area contributed by atoms with Crippen molar-refractivity contribution in [1.29, 1.82) is 0 Å². The van der Waals surface area contributed by atoms with Gasteiger partial charge in [-0.25, -0.2) is 9.97 Å². The fraction of sp³-hybridized carbons (Fsp3) is 0.300. The minimum atomic E-state index is 0.110. The summed E-state index contributed by atoms with van der Waals surface area (Å²) in [7, 11) is 0. The summed E-state index contributed by atoms with van der Waals surface area (Å²) < 4.78 is 0. The van der Waals surface area contributed by atoms with E-state index in [0.29, 0.717) is 36.0 Å². The molecule has 1 saturated heterocycles. The van der Waals surface area contributed by atoms with Crippen molar-refractivity contribution < 1.29 is 5.11 Å². The number of phenols is 1. The molecule has 8 heteroatoms. The topological polar surface area (TPSA) is 131 Å². The van der Waals surface area contributed by atoms with Gasteiger partial charge in [0.1, 0.15) is 11.6 Å². The number of rotatable bonds is 4. The van der Waals surface area contributed by atoms with Crippen LogP contribution < -0.4 is 22.1 Å². The average Bonchev–Trinajstić information content (AvgIpc) is 2.66. The molecule has 3 rings (SSSR count). The van der Waals surface area contributed by atoms with E-state index in [9.17, 15) is 5.11 Å². The van der Waals surface area contributed by atoms with Crippen molar-refractivity contribution in [3.8, 4) is 5.75 Å². The molecule has 1 aromatic carbocycles. The highest BCUT2D eigenvalue weighted by Crippen LogP contribution is 2.26. The number of hydrogen-bond acceptors (Lipinski definition) is 8. The van der Waals surface area contributed by atoms with Gasteiger partial charge in [-0.2, -0.15) is 0 Å². The summed E-state index contributed by atoms with van der Waals surface area (Å²) in [6.45, 7) is 5.58. The quantitative estimate of drug-likeness (QED) is 0.581. The molecule has 1 aliphatic rings. The third kappa shape index (κ3) is 3.95. The molecule has 2 unspecified atom stereocenters. The van der Waals surface area contributed by atoms with Crippen LogP contribution in [-0.2, 0) is 0 Å². The lowest BCUT2D eigenvalue weighted by molar-refractivity contribution is 0.249. The molecule has 0 spiro atoms. The molecule has 0 saturated carbocycles. The molecule has 148 valence electrons. The van der Waals surface area contributed by atoms with Crippen LogP contribution in [0.15, 0.2) is 60.3 Å². The molecule has 0 aliphatic carbocycles. The number of allylic oxidation sites excluding steroid dienone is 1. The molecule has 0 radical (unpaired) electrons. The number of nitrogens with two attached hydrogens (primary N) is 3. The zero-order valence-corrected chi connectivity index (χ0v) is 16.2. The summed E-state index contributed by atoms with van der Waals surface area (Å²) in [6.07, 6.45) is 5.21. The number of aromatic nitrogens is 2. The van der Waals surface area contributed by atoms with Crippen molar-refractivity contribution in [2.45, 2.75) is 25.9 Å². The maximum absolute atomic E-state index is 10.1. The van der Waals surface area contributed by atoms with Gasteiger partial charge in [-0.15, -0.1) is 0 Å². The van der Waals surface area contributed by atoms with Crippen LogP contribution in [-0.4, -0.2) is 45.1 Å². The molecule has 7 N–H and O–H groups in total. The predicted octanol–water partition coefficient (Wildman–Crippen LogP) is 1.17. The molecule has 2 atom stereocenters. The Bertz CT molecular complexity index is 865. The van der Waals surface area contributed by atoms with Crippen LogP contribution >= 0.6 is 0 Å². The van der Waals surface area contributed by atoms with Gasteiger partial charge in [-0.3, -0.25) is 0 Å². The van der Waals surface area contributed by atoms with Crippen molar-refractivity contribution in [2.24, 2.45) is 17.2 Å². The van der Waals surface area contributed by atoms with Gasteiger partial charge in [-0.1, -0.05) is 12.1 Å². The van der Waals surface area contributed by atoms with E-state index < -0.39 is 0 Å². The van der Waals surface area contributed by atoms with Crippen molar-refractivity contribution in [2.75, 3.05) is 18.0 Å². The minimum absolute atomic E-state index is 0.110. The van der Waals surface area contributed by atoms with E-state index in [0.717, 1.165) is 0 Å². The van der Waals surface area contributed by atoms with Crippen LogP contribution in [0.4, 0.5) is 5.95 Å². The highest BCUT2D eigenvalue weighted by molar-refractivity contribution is 5.70. The van der Waals surface area contributed by atoms with E-state index in [1.807, 2.05) is 6.07 Å². The second-order valence-electron chi connectivity index (χ2n) is 7.02. The molecule has 1 aromatic heterocycles. The molecule has 1 aliphatic heterocycles. The molecular formula is C20H27N7O. The number of hydrogen-bond donors (Lipinski definition) is 4. The third-order valence-corrected chi connectivity index (χ3v) is 4.85. The van der Waals surface area contributed by atoms with Crippen LogP contribution in [0.5, 0.6) is 5.75 Å². The Morgan fingerprint density at radius 3 is 2.21 bits per heavy atom.